The zero-order chi connectivity index (χ0) is 21.1. The summed E-state index contributed by atoms with van der Waals surface area (Å²) in [4.78, 5) is 34.8. The maximum absolute atomic E-state index is 12.7. The summed E-state index contributed by atoms with van der Waals surface area (Å²) in [6, 6.07) is 7.72. The van der Waals surface area contributed by atoms with Gasteiger partial charge in [-0.2, -0.15) is 0 Å². The van der Waals surface area contributed by atoms with E-state index in [1.165, 1.54) is 11.3 Å². The molecule has 1 atom stereocenters. The lowest BCUT2D eigenvalue weighted by atomic mass is 9.97. The molecule has 4 rings (SSSR count). The van der Waals surface area contributed by atoms with Gasteiger partial charge in [-0.3, -0.25) is 14.6 Å². The molecule has 0 radical (unpaired) electrons. The molecule has 156 valence electrons. The van der Waals surface area contributed by atoms with Crippen molar-refractivity contribution < 1.29 is 9.53 Å². The highest BCUT2D eigenvalue weighted by molar-refractivity contribution is 7.17. The Hall–Kier alpha value is -3.13. The van der Waals surface area contributed by atoms with E-state index in [1.807, 2.05) is 34.5 Å². The van der Waals surface area contributed by atoms with Gasteiger partial charge in [0.1, 0.15) is 10.4 Å². The molecule has 2 aromatic heterocycles. The van der Waals surface area contributed by atoms with E-state index < -0.39 is 0 Å². The molecule has 1 aliphatic heterocycles. The summed E-state index contributed by atoms with van der Waals surface area (Å²) in [5, 5.41) is 4.82. The van der Waals surface area contributed by atoms with Crippen LogP contribution < -0.4 is 20.5 Å². The van der Waals surface area contributed by atoms with Crippen LogP contribution in [0.15, 0.2) is 47.1 Å². The number of hydrogen-bond acceptors (Lipinski definition) is 6. The third kappa shape index (κ3) is 3.95. The number of amides is 1. The summed E-state index contributed by atoms with van der Waals surface area (Å²) in [6.07, 6.45) is 3.35. The first-order valence-electron chi connectivity index (χ1n) is 9.90. The number of benzene rings is 1. The number of thiophene rings is 1. The summed E-state index contributed by atoms with van der Waals surface area (Å²) >= 11 is 1.38. The second-order valence-corrected chi connectivity index (χ2v) is 8.15. The molecule has 1 aliphatic rings. The maximum atomic E-state index is 12.7. The molecule has 7 nitrogen and oxygen atoms in total. The molecule has 3 heterocycles. The maximum Gasteiger partial charge on any atom is 0.270 e. The normalized spacial score (nSPS) is 16.4. The quantitative estimate of drug-likeness (QED) is 0.594. The predicted octanol–water partition coefficient (Wildman–Crippen LogP) is 3.18. The van der Waals surface area contributed by atoms with Gasteiger partial charge in [0.25, 0.3) is 5.56 Å². The molecular formula is C22H24N4O3S. The van der Waals surface area contributed by atoms with Gasteiger partial charge >= 0.3 is 0 Å². The molecule has 1 aromatic carbocycles. The SMILES string of the molecule is C=CCNC(=O)[C@@H]1CCCN(c2nc3c(-c4cccc(OC)c4)csc3c(=O)[nH]2)C1. The molecule has 1 saturated heterocycles. The molecule has 0 aliphatic carbocycles. The van der Waals surface area contributed by atoms with E-state index in [-0.39, 0.29) is 17.4 Å². The minimum atomic E-state index is -0.160. The number of fused-ring (bicyclic) bond motifs is 1. The van der Waals surface area contributed by atoms with Gasteiger partial charge in [0.15, 0.2) is 0 Å². The Labute approximate surface area is 178 Å². The Morgan fingerprint density at radius 1 is 1.50 bits per heavy atom. The lowest BCUT2D eigenvalue weighted by molar-refractivity contribution is -0.125. The smallest absolute Gasteiger partial charge is 0.270 e. The van der Waals surface area contributed by atoms with E-state index >= 15 is 0 Å². The summed E-state index contributed by atoms with van der Waals surface area (Å²) in [5.41, 5.74) is 2.36. The van der Waals surface area contributed by atoms with E-state index in [9.17, 15) is 9.59 Å². The number of nitrogens with zero attached hydrogens (tertiary/aromatic N) is 2. The van der Waals surface area contributed by atoms with Crippen molar-refractivity contribution in [3.8, 4) is 16.9 Å². The number of aromatic nitrogens is 2. The fourth-order valence-electron chi connectivity index (χ4n) is 3.76. The van der Waals surface area contributed by atoms with E-state index in [1.54, 1.807) is 13.2 Å². The van der Waals surface area contributed by atoms with Crippen LogP contribution in [0.3, 0.4) is 0 Å². The van der Waals surface area contributed by atoms with Crippen molar-refractivity contribution in [2.24, 2.45) is 5.92 Å². The van der Waals surface area contributed by atoms with E-state index in [0.29, 0.717) is 29.3 Å². The number of anilines is 1. The molecule has 0 saturated carbocycles. The van der Waals surface area contributed by atoms with Crippen molar-refractivity contribution in [1.29, 1.82) is 0 Å². The molecule has 0 spiro atoms. The van der Waals surface area contributed by atoms with Gasteiger partial charge in [-0.05, 0) is 30.5 Å². The van der Waals surface area contributed by atoms with E-state index in [2.05, 4.69) is 16.9 Å². The first kappa shape index (κ1) is 20.2. The number of carbonyl (C=O) groups excluding carboxylic acids is 1. The standard InChI is InChI=1S/C22H24N4O3S/c1-3-9-23-20(27)15-7-5-10-26(12-15)22-24-18-17(13-30-19(18)21(28)25-22)14-6-4-8-16(11-14)29-2/h3-4,6,8,11,13,15H,1,5,7,9-10,12H2,2H3,(H,23,27)(H,24,25,28)/t15-/m1/s1. The van der Waals surface area contributed by atoms with Crippen LogP contribution in [0.25, 0.3) is 21.3 Å². The highest BCUT2D eigenvalue weighted by Gasteiger charge is 2.27. The number of carbonyl (C=O) groups is 1. The molecular weight excluding hydrogens is 400 g/mol. The van der Waals surface area contributed by atoms with Gasteiger partial charge in [0.2, 0.25) is 11.9 Å². The third-order valence-corrected chi connectivity index (χ3v) is 6.28. The van der Waals surface area contributed by atoms with E-state index in [4.69, 9.17) is 9.72 Å². The van der Waals surface area contributed by atoms with Gasteiger partial charge in [-0.1, -0.05) is 18.2 Å². The van der Waals surface area contributed by atoms with Crippen LogP contribution in [0.4, 0.5) is 5.95 Å². The largest absolute Gasteiger partial charge is 0.497 e. The average molecular weight is 425 g/mol. The Kier molecular flexibility index (Phi) is 5.85. The second kappa shape index (κ2) is 8.71. The van der Waals surface area contributed by atoms with E-state index in [0.717, 1.165) is 36.3 Å². The number of piperidine rings is 1. The topological polar surface area (TPSA) is 87.3 Å². The lowest BCUT2D eigenvalue weighted by Gasteiger charge is -2.32. The summed E-state index contributed by atoms with van der Waals surface area (Å²) in [5.74, 6) is 1.13. The molecule has 8 heteroatoms. The zero-order valence-electron chi connectivity index (χ0n) is 16.8. The molecule has 0 bridgehead atoms. The Bertz CT molecular complexity index is 1140. The highest BCUT2D eigenvalue weighted by atomic mass is 32.1. The summed E-state index contributed by atoms with van der Waals surface area (Å²) in [7, 11) is 1.63. The molecule has 0 unspecified atom stereocenters. The summed E-state index contributed by atoms with van der Waals surface area (Å²) in [6.45, 7) is 5.36. The van der Waals surface area contributed by atoms with Crippen molar-refractivity contribution in [3.63, 3.8) is 0 Å². The van der Waals surface area contributed by atoms with Gasteiger partial charge in [0, 0.05) is 30.6 Å². The molecule has 3 aromatic rings. The minimum Gasteiger partial charge on any atom is -0.497 e. The molecule has 2 N–H and O–H groups in total. The average Bonchev–Trinajstić information content (AvgIpc) is 3.22. The first-order chi connectivity index (χ1) is 14.6. The summed E-state index contributed by atoms with van der Waals surface area (Å²) < 4.78 is 5.92. The number of ether oxygens (including phenoxy) is 1. The Morgan fingerprint density at radius 2 is 2.37 bits per heavy atom. The molecule has 1 fully saturated rings. The number of rotatable bonds is 6. The molecule has 30 heavy (non-hydrogen) atoms. The van der Waals surface area contributed by atoms with Crippen LogP contribution in [-0.2, 0) is 4.79 Å². The zero-order valence-corrected chi connectivity index (χ0v) is 17.6. The number of hydrogen-bond donors (Lipinski definition) is 2. The van der Waals surface area contributed by atoms with Gasteiger partial charge in [-0.15, -0.1) is 17.9 Å². The number of nitrogens with one attached hydrogen (secondary N) is 2. The number of methoxy groups -OCH3 is 1. The van der Waals surface area contributed by atoms with Crippen LogP contribution >= 0.6 is 11.3 Å². The van der Waals surface area contributed by atoms with Crippen LogP contribution in [0, 0.1) is 5.92 Å². The Morgan fingerprint density at radius 3 is 3.17 bits per heavy atom. The third-order valence-electron chi connectivity index (χ3n) is 5.31. The fourth-order valence-corrected chi connectivity index (χ4v) is 4.67. The van der Waals surface area contributed by atoms with Gasteiger partial charge in [-0.25, -0.2) is 4.98 Å². The van der Waals surface area contributed by atoms with Gasteiger partial charge in [0.05, 0.1) is 18.5 Å². The van der Waals surface area contributed by atoms with Crippen molar-refractivity contribution in [2.45, 2.75) is 12.8 Å². The van der Waals surface area contributed by atoms with Crippen molar-refractivity contribution in [2.75, 3.05) is 31.6 Å². The number of H-pyrrole nitrogens is 1. The fraction of sp³-hybridized carbons (Fsp3) is 0.318. The number of aromatic amines is 1. The lowest BCUT2D eigenvalue weighted by Crippen LogP contribution is -2.44. The highest BCUT2D eigenvalue weighted by Crippen LogP contribution is 2.33. The van der Waals surface area contributed by atoms with Crippen LogP contribution in [0.5, 0.6) is 5.75 Å². The first-order valence-corrected chi connectivity index (χ1v) is 10.8. The monoisotopic (exact) mass is 424 g/mol. The van der Waals surface area contributed by atoms with Crippen molar-refractivity contribution in [1.82, 2.24) is 15.3 Å². The minimum absolute atomic E-state index is 0.00984. The van der Waals surface area contributed by atoms with Crippen molar-refractivity contribution >= 4 is 33.4 Å². The van der Waals surface area contributed by atoms with Crippen LogP contribution in [-0.4, -0.2) is 42.6 Å². The molecule has 1 amide bonds. The van der Waals surface area contributed by atoms with Crippen molar-refractivity contribution in [3.05, 3.63) is 52.7 Å². The second-order valence-electron chi connectivity index (χ2n) is 7.27. The van der Waals surface area contributed by atoms with Crippen LogP contribution in [0.1, 0.15) is 12.8 Å². The van der Waals surface area contributed by atoms with Crippen LogP contribution in [0.2, 0.25) is 0 Å². The predicted molar refractivity (Wildman–Crippen MR) is 120 cm³/mol. The van der Waals surface area contributed by atoms with Gasteiger partial charge < -0.3 is 15.0 Å². The Balaban J connectivity index is 1.67.